The number of aliphatic imine (C=N–C) groups is 1. The third-order valence-corrected chi connectivity index (χ3v) is 1.00. The van der Waals surface area contributed by atoms with Crippen molar-refractivity contribution in [3.8, 4) is 0 Å². The summed E-state index contributed by atoms with van der Waals surface area (Å²) in [6.45, 7) is 4.90. The molecular formula is C6H15N3. The van der Waals surface area contributed by atoms with Crippen LogP contribution in [0.25, 0.3) is 0 Å². The van der Waals surface area contributed by atoms with Gasteiger partial charge in [-0.3, -0.25) is 4.99 Å². The Morgan fingerprint density at radius 2 is 2.22 bits per heavy atom. The van der Waals surface area contributed by atoms with E-state index in [9.17, 15) is 0 Å². The van der Waals surface area contributed by atoms with E-state index in [4.69, 9.17) is 5.84 Å². The Labute approximate surface area is 56.3 Å². The number of rotatable bonds is 3. The highest BCUT2D eigenvalue weighted by Crippen LogP contribution is 1.87. The summed E-state index contributed by atoms with van der Waals surface area (Å²) in [5.41, 5.74) is 2.55. The van der Waals surface area contributed by atoms with Gasteiger partial charge in [0.1, 0.15) is 5.84 Å². The van der Waals surface area contributed by atoms with Crippen molar-refractivity contribution in [1.82, 2.24) is 5.43 Å². The molecule has 0 fully saturated rings. The van der Waals surface area contributed by atoms with Crippen LogP contribution >= 0.6 is 0 Å². The van der Waals surface area contributed by atoms with E-state index < -0.39 is 0 Å². The van der Waals surface area contributed by atoms with Crippen molar-refractivity contribution >= 4 is 5.84 Å². The monoisotopic (exact) mass is 129 g/mol. The van der Waals surface area contributed by atoms with Crippen LogP contribution in [0.1, 0.15) is 26.7 Å². The van der Waals surface area contributed by atoms with Crippen LogP contribution in [0.4, 0.5) is 0 Å². The van der Waals surface area contributed by atoms with Crippen molar-refractivity contribution in [2.45, 2.75) is 26.7 Å². The molecule has 0 aliphatic heterocycles. The smallest absolute Gasteiger partial charge is 0.110 e. The van der Waals surface area contributed by atoms with E-state index in [2.05, 4.69) is 17.3 Å². The van der Waals surface area contributed by atoms with E-state index in [0.717, 1.165) is 25.2 Å². The van der Waals surface area contributed by atoms with E-state index in [-0.39, 0.29) is 0 Å². The van der Waals surface area contributed by atoms with Crippen LogP contribution in [0.15, 0.2) is 4.99 Å². The SMILES string of the molecule is CCCC(=NCC)NN. The first-order valence-electron chi connectivity index (χ1n) is 3.35. The predicted molar refractivity (Wildman–Crippen MR) is 40.2 cm³/mol. The highest BCUT2D eigenvalue weighted by molar-refractivity contribution is 5.81. The molecule has 0 aliphatic rings. The van der Waals surface area contributed by atoms with E-state index in [1.807, 2.05) is 6.92 Å². The number of hydrazine groups is 1. The molecule has 0 radical (unpaired) electrons. The van der Waals surface area contributed by atoms with Gasteiger partial charge in [-0.15, -0.1) is 0 Å². The zero-order valence-electron chi connectivity index (χ0n) is 6.15. The van der Waals surface area contributed by atoms with Crippen molar-refractivity contribution in [3.05, 3.63) is 0 Å². The van der Waals surface area contributed by atoms with Gasteiger partial charge >= 0.3 is 0 Å². The van der Waals surface area contributed by atoms with E-state index in [0.29, 0.717) is 0 Å². The minimum absolute atomic E-state index is 0.805. The Bertz CT molecular complexity index is 88.3. The second kappa shape index (κ2) is 5.56. The van der Waals surface area contributed by atoms with Gasteiger partial charge < -0.3 is 5.43 Å². The summed E-state index contributed by atoms with van der Waals surface area (Å²) in [7, 11) is 0. The van der Waals surface area contributed by atoms with Gasteiger partial charge in [0.05, 0.1) is 0 Å². The fourth-order valence-corrected chi connectivity index (χ4v) is 0.625. The molecule has 0 rings (SSSR count). The Morgan fingerprint density at radius 3 is 2.56 bits per heavy atom. The Hall–Kier alpha value is -0.570. The van der Waals surface area contributed by atoms with E-state index in [1.165, 1.54) is 0 Å². The van der Waals surface area contributed by atoms with Crippen molar-refractivity contribution in [1.29, 1.82) is 0 Å². The Morgan fingerprint density at radius 1 is 1.56 bits per heavy atom. The zero-order valence-corrected chi connectivity index (χ0v) is 6.15. The molecule has 0 saturated heterocycles. The van der Waals surface area contributed by atoms with Gasteiger partial charge in [-0.2, -0.15) is 0 Å². The number of nitrogens with zero attached hydrogens (tertiary/aromatic N) is 1. The van der Waals surface area contributed by atoms with Crippen LogP contribution in [-0.2, 0) is 0 Å². The zero-order chi connectivity index (χ0) is 7.11. The van der Waals surface area contributed by atoms with Gasteiger partial charge in [0.2, 0.25) is 0 Å². The number of nitrogens with two attached hydrogens (primary N) is 1. The van der Waals surface area contributed by atoms with E-state index >= 15 is 0 Å². The number of hydrogen-bond donors (Lipinski definition) is 2. The summed E-state index contributed by atoms with van der Waals surface area (Å²) in [5.74, 6) is 6.07. The molecule has 0 aromatic heterocycles. The molecule has 0 saturated carbocycles. The normalized spacial score (nSPS) is 11.7. The first kappa shape index (κ1) is 8.43. The highest BCUT2D eigenvalue weighted by atomic mass is 15.2. The molecule has 3 nitrogen and oxygen atoms in total. The molecule has 0 bridgehead atoms. The fraction of sp³-hybridized carbons (Fsp3) is 0.833. The van der Waals surface area contributed by atoms with Gasteiger partial charge in [0.25, 0.3) is 0 Å². The lowest BCUT2D eigenvalue weighted by Crippen LogP contribution is -2.30. The lowest BCUT2D eigenvalue weighted by Gasteiger charge is -2.00. The van der Waals surface area contributed by atoms with Crippen LogP contribution in [0, 0.1) is 0 Å². The molecule has 0 heterocycles. The first-order chi connectivity index (χ1) is 4.35. The van der Waals surface area contributed by atoms with Gasteiger partial charge in [-0.05, 0) is 13.3 Å². The molecule has 0 unspecified atom stereocenters. The lowest BCUT2D eigenvalue weighted by molar-refractivity contribution is 0.889. The standard InChI is InChI=1S/C6H15N3/c1-3-5-6(9-7)8-4-2/h3-5,7H2,1-2H3,(H,8,9). The fourth-order valence-electron chi connectivity index (χ4n) is 0.625. The maximum Gasteiger partial charge on any atom is 0.110 e. The number of hydrogen-bond acceptors (Lipinski definition) is 2. The van der Waals surface area contributed by atoms with Gasteiger partial charge in [0.15, 0.2) is 0 Å². The summed E-state index contributed by atoms with van der Waals surface area (Å²) < 4.78 is 0. The molecule has 0 atom stereocenters. The van der Waals surface area contributed by atoms with Crippen LogP contribution in [0.3, 0.4) is 0 Å². The minimum Gasteiger partial charge on any atom is -0.312 e. The van der Waals surface area contributed by atoms with Crippen LogP contribution in [0.2, 0.25) is 0 Å². The quantitative estimate of drug-likeness (QED) is 0.255. The third kappa shape index (κ3) is 3.97. The summed E-state index contributed by atoms with van der Waals surface area (Å²) >= 11 is 0. The number of amidine groups is 1. The van der Waals surface area contributed by atoms with Crippen molar-refractivity contribution in [2.75, 3.05) is 6.54 Å². The molecule has 9 heavy (non-hydrogen) atoms. The second-order valence-corrected chi connectivity index (χ2v) is 1.82. The number of nitrogens with one attached hydrogen (secondary N) is 1. The largest absolute Gasteiger partial charge is 0.312 e. The molecule has 54 valence electrons. The minimum atomic E-state index is 0.805. The topological polar surface area (TPSA) is 50.4 Å². The summed E-state index contributed by atoms with van der Waals surface area (Å²) in [4.78, 5) is 4.11. The van der Waals surface area contributed by atoms with Crippen molar-refractivity contribution in [3.63, 3.8) is 0 Å². The molecule has 3 N–H and O–H groups in total. The maximum absolute atomic E-state index is 5.16. The van der Waals surface area contributed by atoms with Crippen LogP contribution in [-0.4, -0.2) is 12.4 Å². The van der Waals surface area contributed by atoms with Crippen molar-refractivity contribution in [2.24, 2.45) is 10.8 Å². The van der Waals surface area contributed by atoms with Crippen molar-refractivity contribution < 1.29 is 0 Å². The average Bonchev–Trinajstić information content (AvgIpc) is 1.88. The summed E-state index contributed by atoms with van der Waals surface area (Å²) in [5, 5.41) is 0. The van der Waals surface area contributed by atoms with Crippen LogP contribution in [0.5, 0.6) is 0 Å². The first-order valence-corrected chi connectivity index (χ1v) is 3.35. The third-order valence-electron chi connectivity index (χ3n) is 1.00. The summed E-state index contributed by atoms with van der Waals surface area (Å²) in [6.07, 6.45) is 2.04. The average molecular weight is 129 g/mol. The van der Waals surface area contributed by atoms with Gasteiger partial charge in [-0.1, -0.05) is 6.92 Å². The molecular weight excluding hydrogens is 114 g/mol. The molecule has 3 heteroatoms. The molecule has 0 amide bonds. The van der Waals surface area contributed by atoms with Gasteiger partial charge in [-0.25, -0.2) is 5.84 Å². The molecule has 0 aromatic rings. The molecule has 0 aliphatic carbocycles. The van der Waals surface area contributed by atoms with Gasteiger partial charge in [0, 0.05) is 13.0 Å². The predicted octanol–water partition coefficient (Wildman–Crippen LogP) is 0.668. The van der Waals surface area contributed by atoms with E-state index in [1.54, 1.807) is 0 Å². The summed E-state index contributed by atoms with van der Waals surface area (Å²) in [6, 6.07) is 0. The maximum atomic E-state index is 5.16. The highest BCUT2D eigenvalue weighted by Gasteiger charge is 1.89. The lowest BCUT2D eigenvalue weighted by atomic mass is 10.3. The Kier molecular flexibility index (Phi) is 5.21. The Balaban J connectivity index is 3.53. The molecule has 0 aromatic carbocycles. The van der Waals surface area contributed by atoms with Crippen LogP contribution < -0.4 is 11.3 Å². The second-order valence-electron chi connectivity index (χ2n) is 1.82. The molecule has 0 spiro atoms.